The minimum Gasteiger partial charge on any atom is -0.340 e. The maximum absolute atomic E-state index is 11.4. The molecule has 19 heavy (non-hydrogen) atoms. The smallest absolute Gasteiger partial charge is 0.252 e. The fraction of sp³-hybridized carbons (Fsp3) is 0.286. The highest BCUT2D eigenvalue weighted by Gasteiger charge is 2.12. The molecule has 98 valence electrons. The molecule has 0 unspecified atom stereocenters. The number of nitrogens with zero attached hydrogens (tertiary/aromatic N) is 1. The van der Waals surface area contributed by atoms with Crippen molar-refractivity contribution in [1.82, 2.24) is 15.3 Å². The Balaban J connectivity index is 1.97. The quantitative estimate of drug-likeness (QED) is 0.761. The monoisotopic (exact) mass is 256 g/mol. The number of aromatic nitrogens is 2. The fourth-order valence-corrected chi connectivity index (χ4v) is 2.43. The summed E-state index contributed by atoms with van der Waals surface area (Å²) >= 11 is 0. The van der Waals surface area contributed by atoms with E-state index < -0.39 is 0 Å². The van der Waals surface area contributed by atoms with E-state index in [1.54, 1.807) is 6.92 Å². The van der Waals surface area contributed by atoms with Crippen molar-refractivity contribution in [1.29, 1.82) is 0 Å². The summed E-state index contributed by atoms with van der Waals surface area (Å²) in [5, 5.41) is 6.61. The summed E-state index contributed by atoms with van der Waals surface area (Å²) in [5.41, 5.74) is 3.51. The first-order valence-electron chi connectivity index (χ1n) is 6.39. The predicted molar refractivity (Wildman–Crippen MR) is 74.7 cm³/mol. The molecule has 5 heteroatoms. The predicted octanol–water partition coefficient (Wildman–Crippen LogP) is 1.47. The van der Waals surface area contributed by atoms with E-state index in [0.29, 0.717) is 11.6 Å². The van der Waals surface area contributed by atoms with Crippen LogP contribution in [0.25, 0.3) is 0 Å². The Labute approximate surface area is 111 Å². The van der Waals surface area contributed by atoms with Gasteiger partial charge in [0.2, 0.25) is 0 Å². The van der Waals surface area contributed by atoms with Gasteiger partial charge in [-0.1, -0.05) is 12.1 Å². The van der Waals surface area contributed by atoms with Crippen molar-refractivity contribution in [3.8, 4) is 0 Å². The summed E-state index contributed by atoms with van der Waals surface area (Å²) in [7, 11) is 0. The van der Waals surface area contributed by atoms with Crippen molar-refractivity contribution in [2.45, 2.75) is 19.9 Å². The van der Waals surface area contributed by atoms with Crippen molar-refractivity contribution < 1.29 is 0 Å². The molecule has 0 saturated heterocycles. The van der Waals surface area contributed by atoms with Crippen LogP contribution in [0.2, 0.25) is 0 Å². The third kappa shape index (κ3) is 2.51. The number of benzene rings is 1. The molecule has 1 aromatic carbocycles. The summed E-state index contributed by atoms with van der Waals surface area (Å²) in [4.78, 5) is 18.4. The van der Waals surface area contributed by atoms with Gasteiger partial charge >= 0.3 is 0 Å². The molecule has 1 aliphatic rings. The van der Waals surface area contributed by atoms with Crippen molar-refractivity contribution in [2.24, 2.45) is 0 Å². The van der Waals surface area contributed by atoms with Crippen molar-refractivity contribution in [2.75, 3.05) is 11.9 Å². The number of hydrogen-bond donors (Lipinski definition) is 3. The molecule has 0 fully saturated rings. The molecule has 1 aromatic heterocycles. The van der Waals surface area contributed by atoms with E-state index in [0.717, 1.165) is 25.2 Å². The largest absolute Gasteiger partial charge is 0.340 e. The Kier molecular flexibility index (Phi) is 3.05. The van der Waals surface area contributed by atoms with Gasteiger partial charge in [-0.2, -0.15) is 0 Å². The van der Waals surface area contributed by atoms with Gasteiger partial charge in [0.1, 0.15) is 11.6 Å². The topological polar surface area (TPSA) is 69.8 Å². The van der Waals surface area contributed by atoms with Crippen LogP contribution in [-0.4, -0.2) is 16.5 Å². The SMILES string of the molecule is Cc1nc(Nc2cccc3c2CCNC3)cc(=O)[nH]1. The van der Waals surface area contributed by atoms with Gasteiger partial charge in [-0.25, -0.2) is 4.98 Å². The Bertz CT molecular complexity index is 663. The number of aryl methyl sites for hydroxylation is 1. The second kappa shape index (κ2) is 4.85. The van der Waals surface area contributed by atoms with Gasteiger partial charge < -0.3 is 15.6 Å². The summed E-state index contributed by atoms with van der Waals surface area (Å²) in [6, 6.07) is 7.66. The van der Waals surface area contributed by atoms with Crippen LogP contribution in [0.1, 0.15) is 17.0 Å². The molecule has 2 heterocycles. The van der Waals surface area contributed by atoms with Crippen molar-refractivity contribution in [3.63, 3.8) is 0 Å². The molecule has 0 bridgehead atoms. The lowest BCUT2D eigenvalue weighted by atomic mass is 9.99. The summed E-state index contributed by atoms with van der Waals surface area (Å²) in [6.07, 6.45) is 0.987. The second-order valence-electron chi connectivity index (χ2n) is 4.71. The molecule has 1 aliphatic heterocycles. The number of hydrogen-bond acceptors (Lipinski definition) is 4. The average molecular weight is 256 g/mol. The maximum atomic E-state index is 11.4. The molecule has 0 atom stereocenters. The molecule has 3 N–H and O–H groups in total. The zero-order valence-corrected chi connectivity index (χ0v) is 10.8. The van der Waals surface area contributed by atoms with E-state index in [9.17, 15) is 4.79 Å². The Morgan fingerprint density at radius 2 is 2.26 bits per heavy atom. The van der Waals surface area contributed by atoms with Crippen molar-refractivity contribution in [3.05, 3.63) is 51.6 Å². The molecule has 0 spiro atoms. The molecule has 2 aromatic rings. The van der Waals surface area contributed by atoms with Crippen LogP contribution in [0.5, 0.6) is 0 Å². The average Bonchev–Trinajstić information content (AvgIpc) is 2.38. The Morgan fingerprint density at radius 3 is 3.11 bits per heavy atom. The first kappa shape index (κ1) is 11.9. The zero-order valence-electron chi connectivity index (χ0n) is 10.8. The van der Waals surface area contributed by atoms with Crippen LogP contribution < -0.4 is 16.2 Å². The maximum Gasteiger partial charge on any atom is 0.252 e. The number of aromatic amines is 1. The molecule has 0 amide bonds. The third-order valence-corrected chi connectivity index (χ3v) is 3.26. The summed E-state index contributed by atoms with van der Waals surface area (Å²) in [6.45, 7) is 3.65. The first-order chi connectivity index (χ1) is 9.22. The van der Waals surface area contributed by atoms with E-state index in [2.05, 4.69) is 26.7 Å². The highest BCUT2D eigenvalue weighted by molar-refractivity contribution is 5.62. The van der Waals surface area contributed by atoms with Crippen molar-refractivity contribution >= 4 is 11.5 Å². The second-order valence-corrected chi connectivity index (χ2v) is 4.71. The van der Waals surface area contributed by atoms with Gasteiger partial charge in [0.15, 0.2) is 0 Å². The lowest BCUT2D eigenvalue weighted by molar-refractivity contribution is 0.645. The van der Waals surface area contributed by atoms with Gasteiger partial charge in [-0.3, -0.25) is 4.79 Å². The van der Waals surface area contributed by atoms with Crippen LogP contribution >= 0.6 is 0 Å². The molecule has 0 radical (unpaired) electrons. The lowest BCUT2D eigenvalue weighted by Crippen LogP contribution is -2.24. The van der Waals surface area contributed by atoms with Gasteiger partial charge in [-0.05, 0) is 37.1 Å². The normalized spacial score (nSPS) is 13.9. The van der Waals surface area contributed by atoms with Crippen LogP contribution in [0.3, 0.4) is 0 Å². The number of nitrogens with one attached hydrogen (secondary N) is 3. The fourth-order valence-electron chi connectivity index (χ4n) is 2.43. The van der Waals surface area contributed by atoms with Crippen LogP contribution in [0.4, 0.5) is 11.5 Å². The highest BCUT2D eigenvalue weighted by atomic mass is 16.1. The van der Waals surface area contributed by atoms with Crippen LogP contribution in [0, 0.1) is 6.92 Å². The van der Waals surface area contributed by atoms with Gasteiger partial charge in [0.25, 0.3) is 5.56 Å². The van der Waals surface area contributed by atoms with Crippen LogP contribution in [-0.2, 0) is 13.0 Å². The van der Waals surface area contributed by atoms with E-state index in [4.69, 9.17) is 0 Å². The molecule has 0 aliphatic carbocycles. The minimum absolute atomic E-state index is 0.138. The Morgan fingerprint density at radius 1 is 1.37 bits per heavy atom. The van der Waals surface area contributed by atoms with Gasteiger partial charge in [0, 0.05) is 18.3 Å². The van der Waals surface area contributed by atoms with Gasteiger partial charge in [0.05, 0.1) is 0 Å². The number of H-pyrrole nitrogens is 1. The van der Waals surface area contributed by atoms with Crippen LogP contribution in [0.15, 0.2) is 29.1 Å². The molecule has 0 saturated carbocycles. The standard InChI is InChI=1S/C14H16N4O/c1-9-16-13(7-14(19)17-9)18-12-4-2-3-10-8-15-6-5-11(10)12/h2-4,7,15H,5-6,8H2,1H3,(H2,16,17,18,19). The number of rotatable bonds is 2. The van der Waals surface area contributed by atoms with Gasteiger partial charge in [-0.15, -0.1) is 0 Å². The minimum atomic E-state index is -0.138. The van der Waals surface area contributed by atoms with E-state index >= 15 is 0 Å². The first-order valence-corrected chi connectivity index (χ1v) is 6.39. The molecular weight excluding hydrogens is 240 g/mol. The summed E-state index contributed by atoms with van der Waals surface area (Å²) < 4.78 is 0. The number of anilines is 2. The zero-order chi connectivity index (χ0) is 13.2. The molecule has 5 nitrogen and oxygen atoms in total. The Hall–Kier alpha value is -2.14. The lowest BCUT2D eigenvalue weighted by Gasteiger charge is -2.20. The molecule has 3 rings (SSSR count). The number of fused-ring (bicyclic) bond motifs is 1. The van der Waals surface area contributed by atoms with E-state index in [-0.39, 0.29) is 5.56 Å². The van der Waals surface area contributed by atoms with E-state index in [1.165, 1.54) is 17.2 Å². The van der Waals surface area contributed by atoms with E-state index in [1.807, 2.05) is 12.1 Å². The highest BCUT2D eigenvalue weighted by Crippen LogP contribution is 2.25. The molecular formula is C14H16N4O. The third-order valence-electron chi connectivity index (χ3n) is 3.26. The summed E-state index contributed by atoms with van der Waals surface area (Å²) in [5.74, 6) is 1.20.